The molecule has 0 amide bonds. The first kappa shape index (κ1) is 18.3. The lowest BCUT2D eigenvalue weighted by Crippen LogP contribution is -2.37. The molecule has 5 rings (SSSR count). The summed E-state index contributed by atoms with van der Waals surface area (Å²) in [6.07, 6.45) is 7.92. The van der Waals surface area contributed by atoms with E-state index in [1.54, 1.807) is 12.1 Å². The average molecular weight is 384 g/mol. The number of hydrogen-bond acceptors (Lipinski definition) is 5. The minimum Gasteiger partial charge on any atom is -0.339 e. The number of nitrogens with zero attached hydrogens (tertiary/aromatic N) is 4. The molecule has 3 fully saturated rings. The van der Waals surface area contributed by atoms with Gasteiger partial charge in [-0.1, -0.05) is 24.4 Å². The van der Waals surface area contributed by atoms with Gasteiger partial charge in [0.05, 0.1) is 5.92 Å². The first-order valence-electron chi connectivity index (χ1n) is 10.7. The molecule has 2 aliphatic heterocycles. The molecule has 0 N–H and O–H groups in total. The summed E-state index contributed by atoms with van der Waals surface area (Å²) >= 11 is 0. The molecule has 150 valence electrons. The van der Waals surface area contributed by atoms with Gasteiger partial charge < -0.3 is 9.42 Å². The van der Waals surface area contributed by atoms with E-state index in [2.05, 4.69) is 22.0 Å². The predicted molar refractivity (Wildman–Crippen MR) is 105 cm³/mol. The van der Waals surface area contributed by atoms with E-state index in [9.17, 15) is 4.39 Å². The molecule has 2 atom stereocenters. The lowest BCUT2D eigenvalue weighted by Gasteiger charge is -2.32. The second-order valence-corrected chi connectivity index (χ2v) is 9.09. The maximum absolute atomic E-state index is 13.2. The largest absolute Gasteiger partial charge is 0.339 e. The second kappa shape index (κ2) is 7.23. The Morgan fingerprint density at radius 3 is 2.61 bits per heavy atom. The van der Waals surface area contributed by atoms with Gasteiger partial charge in [0.25, 0.3) is 0 Å². The molecule has 3 heterocycles. The molecular weight excluding hydrogens is 355 g/mol. The summed E-state index contributed by atoms with van der Waals surface area (Å²) in [6, 6.07) is 7.03. The van der Waals surface area contributed by atoms with E-state index in [0.29, 0.717) is 11.9 Å². The van der Waals surface area contributed by atoms with Crippen LogP contribution < -0.4 is 0 Å². The van der Waals surface area contributed by atoms with Crippen molar-refractivity contribution in [2.45, 2.75) is 50.5 Å². The van der Waals surface area contributed by atoms with Crippen molar-refractivity contribution in [3.8, 4) is 11.4 Å². The molecule has 2 saturated heterocycles. The summed E-state index contributed by atoms with van der Waals surface area (Å²) in [7, 11) is 2.22. The third-order valence-corrected chi connectivity index (χ3v) is 7.18. The predicted octanol–water partition coefficient (Wildman–Crippen LogP) is 3.93. The van der Waals surface area contributed by atoms with Gasteiger partial charge in [-0.3, -0.25) is 4.90 Å². The standard InChI is InChI=1S/C22H29FN4O/c1-26-12-11-22(14-26)15-27(18-5-3-2-4-6-18)13-19(22)21-24-20(25-28-21)16-7-9-17(23)10-8-16/h7-10,18-19H,2-6,11-15H2,1H3/t19-,22-/m0/s1. The minimum absolute atomic E-state index is 0.207. The average Bonchev–Trinajstić information content (AvgIpc) is 3.42. The highest BCUT2D eigenvalue weighted by molar-refractivity contribution is 5.53. The lowest BCUT2D eigenvalue weighted by atomic mass is 9.77. The fraction of sp³-hybridized carbons (Fsp3) is 0.636. The molecule has 1 aromatic heterocycles. The van der Waals surface area contributed by atoms with Crippen LogP contribution in [0.4, 0.5) is 4.39 Å². The summed E-state index contributed by atoms with van der Waals surface area (Å²) in [5, 5.41) is 4.23. The maximum atomic E-state index is 13.2. The van der Waals surface area contributed by atoms with Crippen LogP contribution in [0, 0.1) is 11.2 Å². The van der Waals surface area contributed by atoms with E-state index in [1.807, 2.05) is 0 Å². The fourth-order valence-electron chi connectivity index (χ4n) is 5.69. The Labute approximate surface area is 165 Å². The number of rotatable bonds is 3. The van der Waals surface area contributed by atoms with Gasteiger partial charge >= 0.3 is 0 Å². The third kappa shape index (κ3) is 3.26. The number of benzene rings is 1. The number of aromatic nitrogens is 2. The topological polar surface area (TPSA) is 45.4 Å². The Bertz CT molecular complexity index is 816. The molecular formula is C22H29FN4O. The van der Waals surface area contributed by atoms with Crippen molar-refractivity contribution < 1.29 is 8.91 Å². The van der Waals surface area contributed by atoms with Crippen LogP contribution in [0.25, 0.3) is 11.4 Å². The van der Waals surface area contributed by atoms with Crippen LogP contribution in [-0.4, -0.2) is 59.2 Å². The van der Waals surface area contributed by atoms with Gasteiger partial charge in [-0.15, -0.1) is 0 Å². The van der Waals surface area contributed by atoms with Gasteiger partial charge in [0.2, 0.25) is 11.7 Å². The number of halogens is 1. The second-order valence-electron chi connectivity index (χ2n) is 9.09. The van der Waals surface area contributed by atoms with Crippen LogP contribution in [0.1, 0.15) is 50.3 Å². The van der Waals surface area contributed by atoms with E-state index in [-0.39, 0.29) is 17.2 Å². The van der Waals surface area contributed by atoms with Gasteiger partial charge in [-0.2, -0.15) is 4.98 Å². The third-order valence-electron chi connectivity index (χ3n) is 7.18. The highest BCUT2D eigenvalue weighted by Crippen LogP contribution is 2.49. The summed E-state index contributed by atoms with van der Waals surface area (Å²) in [5.41, 5.74) is 1.01. The molecule has 1 spiro atoms. The van der Waals surface area contributed by atoms with Gasteiger partial charge in [0, 0.05) is 36.7 Å². The van der Waals surface area contributed by atoms with Gasteiger partial charge in [-0.25, -0.2) is 4.39 Å². The van der Waals surface area contributed by atoms with Crippen LogP contribution in [0.15, 0.2) is 28.8 Å². The van der Waals surface area contributed by atoms with Gasteiger partial charge in [-0.05, 0) is 57.1 Å². The normalized spacial score (nSPS) is 29.9. The van der Waals surface area contributed by atoms with Gasteiger partial charge in [0.1, 0.15) is 5.82 Å². The first-order chi connectivity index (χ1) is 13.6. The van der Waals surface area contributed by atoms with Crippen LogP contribution in [0.5, 0.6) is 0 Å². The first-order valence-corrected chi connectivity index (χ1v) is 10.7. The van der Waals surface area contributed by atoms with Crippen molar-refractivity contribution in [2.75, 3.05) is 33.2 Å². The molecule has 1 saturated carbocycles. The SMILES string of the molecule is CN1CC[C@]2(C1)CN(C1CCCCC1)C[C@H]2c1nc(-c2ccc(F)cc2)no1. The molecule has 6 heteroatoms. The number of hydrogen-bond donors (Lipinski definition) is 0. The summed E-state index contributed by atoms with van der Waals surface area (Å²) < 4.78 is 19.0. The molecule has 1 aliphatic carbocycles. The molecule has 5 nitrogen and oxygen atoms in total. The van der Waals surface area contributed by atoms with Crippen molar-refractivity contribution in [1.82, 2.24) is 19.9 Å². The molecule has 0 radical (unpaired) electrons. The summed E-state index contributed by atoms with van der Waals surface area (Å²) in [5.74, 6) is 1.35. The van der Waals surface area contributed by atoms with E-state index in [4.69, 9.17) is 9.51 Å². The zero-order valence-electron chi connectivity index (χ0n) is 16.6. The van der Waals surface area contributed by atoms with E-state index >= 15 is 0 Å². The van der Waals surface area contributed by atoms with Crippen molar-refractivity contribution in [3.05, 3.63) is 36.0 Å². The van der Waals surface area contributed by atoms with Crippen LogP contribution in [0.3, 0.4) is 0 Å². The van der Waals surface area contributed by atoms with Crippen molar-refractivity contribution in [2.24, 2.45) is 5.41 Å². The van der Waals surface area contributed by atoms with Crippen molar-refractivity contribution >= 4 is 0 Å². The van der Waals surface area contributed by atoms with E-state index < -0.39 is 0 Å². The van der Waals surface area contributed by atoms with Crippen LogP contribution in [-0.2, 0) is 0 Å². The quantitative estimate of drug-likeness (QED) is 0.802. The molecule has 28 heavy (non-hydrogen) atoms. The minimum atomic E-state index is -0.251. The Morgan fingerprint density at radius 1 is 1.11 bits per heavy atom. The molecule has 1 aromatic carbocycles. The van der Waals surface area contributed by atoms with Crippen LogP contribution >= 0.6 is 0 Å². The highest BCUT2D eigenvalue weighted by Gasteiger charge is 2.53. The Balaban J connectivity index is 1.42. The van der Waals surface area contributed by atoms with Crippen LogP contribution in [0.2, 0.25) is 0 Å². The summed E-state index contributed by atoms with van der Waals surface area (Å²) in [4.78, 5) is 9.92. The zero-order valence-corrected chi connectivity index (χ0v) is 16.6. The monoisotopic (exact) mass is 384 g/mol. The van der Waals surface area contributed by atoms with E-state index in [0.717, 1.165) is 37.6 Å². The molecule has 3 aliphatic rings. The molecule has 0 unspecified atom stereocenters. The van der Waals surface area contributed by atoms with Gasteiger partial charge in [0.15, 0.2) is 0 Å². The fourth-order valence-corrected chi connectivity index (χ4v) is 5.69. The molecule has 2 aromatic rings. The highest BCUT2D eigenvalue weighted by atomic mass is 19.1. The number of likely N-dealkylation sites (tertiary alicyclic amines) is 2. The van der Waals surface area contributed by atoms with Crippen molar-refractivity contribution in [1.29, 1.82) is 0 Å². The zero-order chi connectivity index (χ0) is 19.1. The lowest BCUT2D eigenvalue weighted by molar-refractivity contribution is 0.166. The summed E-state index contributed by atoms with van der Waals surface area (Å²) in [6.45, 7) is 4.38. The Kier molecular flexibility index (Phi) is 4.71. The Hall–Kier alpha value is -1.79. The Morgan fingerprint density at radius 2 is 1.89 bits per heavy atom. The maximum Gasteiger partial charge on any atom is 0.232 e. The smallest absolute Gasteiger partial charge is 0.232 e. The molecule has 0 bridgehead atoms. The van der Waals surface area contributed by atoms with E-state index in [1.165, 1.54) is 50.7 Å². The van der Waals surface area contributed by atoms with Crippen molar-refractivity contribution in [3.63, 3.8) is 0 Å².